The fourth-order valence-corrected chi connectivity index (χ4v) is 2.41. The van der Waals surface area contributed by atoms with E-state index in [0.717, 1.165) is 6.42 Å². The highest BCUT2D eigenvalue weighted by Crippen LogP contribution is 2.20. The van der Waals surface area contributed by atoms with Crippen LogP contribution >= 0.6 is 0 Å². The lowest BCUT2D eigenvalue weighted by atomic mass is 10.1. The first-order valence-electron chi connectivity index (χ1n) is 7.63. The Morgan fingerprint density at radius 1 is 1.43 bits per heavy atom. The Hall–Kier alpha value is -1.14. The molecule has 0 aliphatic carbocycles. The highest BCUT2D eigenvalue weighted by atomic mass is 16.5. The largest absolute Gasteiger partial charge is 0.383 e. The lowest BCUT2D eigenvalue weighted by Crippen LogP contribution is -2.39. The molecule has 6 nitrogen and oxygen atoms in total. The molecule has 1 aliphatic rings. The van der Waals surface area contributed by atoms with E-state index in [9.17, 15) is 9.59 Å². The maximum absolute atomic E-state index is 12.1. The normalized spacial score (nSPS) is 20.1. The number of nitrogens with one attached hydrogen (secondary N) is 1. The molecule has 1 fully saturated rings. The zero-order chi connectivity index (χ0) is 15.8. The van der Waals surface area contributed by atoms with Gasteiger partial charge < -0.3 is 19.7 Å². The van der Waals surface area contributed by atoms with Gasteiger partial charge in [-0.25, -0.2) is 0 Å². The lowest BCUT2D eigenvalue weighted by molar-refractivity contribution is -0.130. The summed E-state index contributed by atoms with van der Waals surface area (Å²) < 4.78 is 10.5. The SMILES string of the molecule is COC[C@H](C)N1C[C@H](C(=O)NCCCOC(C)C)CC1=O. The predicted octanol–water partition coefficient (Wildman–Crippen LogP) is 0.801. The summed E-state index contributed by atoms with van der Waals surface area (Å²) in [6, 6.07) is 0.0136. The van der Waals surface area contributed by atoms with Gasteiger partial charge in [-0.05, 0) is 27.2 Å². The van der Waals surface area contributed by atoms with Crippen molar-refractivity contribution in [2.24, 2.45) is 5.92 Å². The second kappa shape index (κ2) is 9.00. The number of amides is 2. The van der Waals surface area contributed by atoms with Gasteiger partial charge in [0, 0.05) is 33.2 Å². The standard InChI is InChI=1S/C15H28N2O4/c1-11(2)21-7-5-6-16-15(19)13-8-14(18)17(9-13)12(3)10-20-4/h11-13H,5-10H2,1-4H3,(H,16,19)/t12-,13+/m0/s1. The van der Waals surface area contributed by atoms with E-state index in [-0.39, 0.29) is 29.9 Å². The van der Waals surface area contributed by atoms with Crippen molar-refractivity contribution in [3.05, 3.63) is 0 Å². The molecular weight excluding hydrogens is 272 g/mol. The summed E-state index contributed by atoms with van der Waals surface area (Å²) in [6.45, 7) is 8.11. The number of ether oxygens (including phenoxy) is 2. The summed E-state index contributed by atoms with van der Waals surface area (Å²) in [4.78, 5) is 25.7. The van der Waals surface area contributed by atoms with Gasteiger partial charge in [-0.1, -0.05) is 0 Å². The van der Waals surface area contributed by atoms with Crippen molar-refractivity contribution in [1.29, 1.82) is 0 Å². The van der Waals surface area contributed by atoms with E-state index in [1.807, 2.05) is 20.8 Å². The van der Waals surface area contributed by atoms with Crippen LogP contribution in [0.3, 0.4) is 0 Å². The molecule has 0 aromatic rings. The molecule has 0 saturated carbocycles. The minimum atomic E-state index is -0.247. The molecule has 0 bridgehead atoms. The molecule has 0 aromatic carbocycles. The van der Waals surface area contributed by atoms with E-state index in [1.165, 1.54) is 0 Å². The van der Waals surface area contributed by atoms with E-state index in [2.05, 4.69) is 5.32 Å². The lowest BCUT2D eigenvalue weighted by Gasteiger charge is -2.23. The molecule has 2 amide bonds. The average molecular weight is 300 g/mol. The molecule has 0 aromatic heterocycles. The summed E-state index contributed by atoms with van der Waals surface area (Å²) >= 11 is 0. The molecule has 2 atom stereocenters. The average Bonchev–Trinajstić information content (AvgIpc) is 2.80. The Labute approximate surface area is 127 Å². The van der Waals surface area contributed by atoms with Crippen LogP contribution in [-0.4, -0.2) is 62.3 Å². The quantitative estimate of drug-likeness (QED) is 0.640. The molecule has 0 spiro atoms. The number of hydrogen-bond donors (Lipinski definition) is 1. The molecule has 6 heteroatoms. The van der Waals surface area contributed by atoms with Gasteiger partial charge in [0.2, 0.25) is 11.8 Å². The second-order valence-electron chi connectivity index (χ2n) is 5.82. The van der Waals surface area contributed by atoms with E-state index < -0.39 is 0 Å². The van der Waals surface area contributed by atoms with Gasteiger partial charge in [-0.2, -0.15) is 0 Å². The van der Waals surface area contributed by atoms with Gasteiger partial charge in [0.25, 0.3) is 0 Å². The molecule has 1 N–H and O–H groups in total. The summed E-state index contributed by atoms with van der Waals surface area (Å²) in [5.74, 6) is -0.259. The highest BCUT2D eigenvalue weighted by Gasteiger charge is 2.36. The van der Waals surface area contributed by atoms with Gasteiger partial charge >= 0.3 is 0 Å². The number of carbonyl (C=O) groups excluding carboxylic acids is 2. The molecule has 0 radical (unpaired) electrons. The zero-order valence-electron chi connectivity index (χ0n) is 13.6. The first-order chi connectivity index (χ1) is 9.95. The van der Waals surface area contributed by atoms with Crippen LogP contribution < -0.4 is 5.32 Å². The number of nitrogens with zero attached hydrogens (tertiary/aromatic N) is 1. The van der Waals surface area contributed by atoms with Crippen molar-refractivity contribution < 1.29 is 19.1 Å². The van der Waals surface area contributed by atoms with Crippen molar-refractivity contribution >= 4 is 11.8 Å². The number of likely N-dealkylation sites (tertiary alicyclic amines) is 1. The molecule has 0 unspecified atom stereocenters. The first kappa shape index (κ1) is 17.9. The summed E-state index contributed by atoms with van der Waals surface area (Å²) in [6.07, 6.45) is 1.29. The molecule has 1 heterocycles. The Morgan fingerprint density at radius 2 is 2.14 bits per heavy atom. The van der Waals surface area contributed by atoms with Crippen LogP contribution in [0.5, 0.6) is 0 Å². The number of carbonyl (C=O) groups is 2. The van der Waals surface area contributed by atoms with Crippen LogP contribution in [-0.2, 0) is 19.1 Å². The van der Waals surface area contributed by atoms with Crippen molar-refractivity contribution in [3.8, 4) is 0 Å². The molecule has 1 aliphatic heterocycles. The fourth-order valence-electron chi connectivity index (χ4n) is 2.41. The molecule has 122 valence electrons. The summed E-state index contributed by atoms with van der Waals surface area (Å²) in [5, 5.41) is 2.88. The monoisotopic (exact) mass is 300 g/mol. The summed E-state index contributed by atoms with van der Waals surface area (Å²) in [5.41, 5.74) is 0. The van der Waals surface area contributed by atoms with Gasteiger partial charge in [-0.3, -0.25) is 9.59 Å². The van der Waals surface area contributed by atoms with Crippen LogP contribution in [0.2, 0.25) is 0 Å². The van der Waals surface area contributed by atoms with Crippen LogP contribution in [0.1, 0.15) is 33.6 Å². The highest BCUT2D eigenvalue weighted by molar-refractivity contribution is 5.89. The Morgan fingerprint density at radius 3 is 2.76 bits per heavy atom. The third-order valence-electron chi connectivity index (χ3n) is 3.54. The third-order valence-corrected chi connectivity index (χ3v) is 3.54. The Kier molecular flexibility index (Phi) is 7.67. The fraction of sp³-hybridized carbons (Fsp3) is 0.867. The predicted molar refractivity (Wildman–Crippen MR) is 79.9 cm³/mol. The van der Waals surface area contributed by atoms with Gasteiger partial charge in [0.1, 0.15) is 0 Å². The smallest absolute Gasteiger partial charge is 0.225 e. The van der Waals surface area contributed by atoms with Crippen molar-refractivity contribution in [2.45, 2.75) is 45.8 Å². The topological polar surface area (TPSA) is 67.9 Å². The van der Waals surface area contributed by atoms with Gasteiger partial charge in [0.15, 0.2) is 0 Å². The number of hydrogen-bond acceptors (Lipinski definition) is 4. The molecular formula is C15H28N2O4. The van der Waals surface area contributed by atoms with Crippen molar-refractivity contribution in [2.75, 3.05) is 33.4 Å². The van der Waals surface area contributed by atoms with Gasteiger partial charge in [0.05, 0.1) is 24.7 Å². The number of methoxy groups -OCH3 is 1. The molecule has 21 heavy (non-hydrogen) atoms. The molecule has 1 saturated heterocycles. The van der Waals surface area contributed by atoms with E-state index in [1.54, 1.807) is 12.0 Å². The van der Waals surface area contributed by atoms with Crippen LogP contribution in [0.25, 0.3) is 0 Å². The van der Waals surface area contributed by atoms with Crippen LogP contribution in [0, 0.1) is 5.92 Å². The van der Waals surface area contributed by atoms with Gasteiger partial charge in [-0.15, -0.1) is 0 Å². The zero-order valence-corrected chi connectivity index (χ0v) is 13.6. The minimum Gasteiger partial charge on any atom is -0.383 e. The van der Waals surface area contributed by atoms with E-state index in [0.29, 0.717) is 32.7 Å². The maximum Gasteiger partial charge on any atom is 0.225 e. The van der Waals surface area contributed by atoms with Crippen LogP contribution in [0.15, 0.2) is 0 Å². The van der Waals surface area contributed by atoms with Crippen LogP contribution in [0.4, 0.5) is 0 Å². The maximum atomic E-state index is 12.1. The third kappa shape index (κ3) is 6.01. The Balaban J connectivity index is 2.28. The molecule has 1 rings (SSSR count). The Bertz CT molecular complexity index is 347. The minimum absolute atomic E-state index is 0.0136. The van der Waals surface area contributed by atoms with Crippen molar-refractivity contribution in [3.63, 3.8) is 0 Å². The first-order valence-corrected chi connectivity index (χ1v) is 7.63. The second-order valence-corrected chi connectivity index (χ2v) is 5.82. The van der Waals surface area contributed by atoms with E-state index >= 15 is 0 Å². The van der Waals surface area contributed by atoms with E-state index in [4.69, 9.17) is 9.47 Å². The summed E-state index contributed by atoms with van der Waals surface area (Å²) in [7, 11) is 1.61. The van der Waals surface area contributed by atoms with Crippen molar-refractivity contribution in [1.82, 2.24) is 10.2 Å². The number of rotatable bonds is 9.